The van der Waals surface area contributed by atoms with Crippen LogP contribution in [0.2, 0.25) is 0 Å². The zero-order valence-corrected chi connectivity index (χ0v) is 21.2. The van der Waals surface area contributed by atoms with Gasteiger partial charge in [0.05, 0.1) is 0 Å². The van der Waals surface area contributed by atoms with Gasteiger partial charge in [-0.05, 0) is 29.6 Å². The first-order valence-electron chi connectivity index (χ1n) is 13.3. The van der Waals surface area contributed by atoms with E-state index in [0.29, 0.717) is 0 Å². The predicted octanol–water partition coefficient (Wildman–Crippen LogP) is 10.4. The second-order valence-electron chi connectivity index (χ2n) is 11.0. The van der Waals surface area contributed by atoms with Crippen LogP contribution in [0.5, 0.6) is 0 Å². The van der Waals surface area contributed by atoms with E-state index in [1.165, 1.54) is 103 Å². The van der Waals surface area contributed by atoms with E-state index in [1.807, 2.05) is 0 Å². The largest absolute Gasteiger partial charge is 0.0654 e. The molecule has 0 aromatic heterocycles. The third-order valence-corrected chi connectivity index (χ3v) is 6.96. The van der Waals surface area contributed by atoms with Gasteiger partial charge in [0.25, 0.3) is 0 Å². The van der Waals surface area contributed by atoms with E-state index in [-0.39, 0.29) is 0 Å². The van der Waals surface area contributed by atoms with Crippen molar-refractivity contribution in [2.24, 2.45) is 29.6 Å². The number of rotatable bonds is 20. The molecule has 0 saturated heterocycles. The molecule has 0 aliphatic rings. The van der Waals surface area contributed by atoms with Gasteiger partial charge in [0.2, 0.25) is 0 Å². The van der Waals surface area contributed by atoms with E-state index in [9.17, 15) is 0 Å². The van der Waals surface area contributed by atoms with Gasteiger partial charge in [0.15, 0.2) is 0 Å². The summed E-state index contributed by atoms with van der Waals surface area (Å²) in [6, 6.07) is 0. The fourth-order valence-corrected chi connectivity index (χ4v) is 4.64. The number of hydrogen-bond donors (Lipinski definition) is 0. The standard InChI is InChI=1S/C28H58/c1-8-9-10-16-25(4)18-12-20-27(6)22-14-23-28(7)21-13-19-26(5)17-11-15-24(2)3/h24-28H,8-23H2,1-7H3. The lowest BCUT2D eigenvalue weighted by atomic mass is 9.89. The average Bonchev–Trinajstić information content (AvgIpc) is 2.61. The normalized spacial score (nSPS) is 16.3. The summed E-state index contributed by atoms with van der Waals surface area (Å²) < 4.78 is 0. The molecule has 170 valence electrons. The van der Waals surface area contributed by atoms with Crippen LogP contribution < -0.4 is 0 Å². The maximum Gasteiger partial charge on any atom is -0.0443 e. The summed E-state index contributed by atoms with van der Waals surface area (Å²) in [5.41, 5.74) is 0. The first kappa shape index (κ1) is 28.0. The van der Waals surface area contributed by atoms with Crippen LogP contribution in [0.3, 0.4) is 0 Å². The molecule has 0 amide bonds. The zero-order valence-electron chi connectivity index (χ0n) is 21.2. The number of unbranched alkanes of at least 4 members (excludes halogenated alkanes) is 2. The van der Waals surface area contributed by atoms with E-state index in [0.717, 1.165) is 29.6 Å². The van der Waals surface area contributed by atoms with Crippen molar-refractivity contribution in [2.75, 3.05) is 0 Å². The summed E-state index contributed by atoms with van der Waals surface area (Å²) in [6.07, 6.45) is 23.1. The van der Waals surface area contributed by atoms with Crippen LogP contribution in [0.4, 0.5) is 0 Å². The molecule has 0 bridgehead atoms. The molecule has 4 atom stereocenters. The molecule has 0 aromatic rings. The van der Waals surface area contributed by atoms with Gasteiger partial charge in [-0.25, -0.2) is 0 Å². The molecular weight excluding hydrogens is 336 g/mol. The van der Waals surface area contributed by atoms with Gasteiger partial charge in [-0.3, -0.25) is 0 Å². The van der Waals surface area contributed by atoms with E-state index in [2.05, 4.69) is 48.5 Å². The highest BCUT2D eigenvalue weighted by molar-refractivity contribution is 4.62. The van der Waals surface area contributed by atoms with E-state index in [1.54, 1.807) is 0 Å². The third-order valence-electron chi connectivity index (χ3n) is 6.96. The van der Waals surface area contributed by atoms with Crippen molar-refractivity contribution in [2.45, 2.75) is 151 Å². The maximum atomic E-state index is 2.49. The molecule has 0 heterocycles. The van der Waals surface area contributed by atoms with Crippen molar-refractivity contribution in [1.29, 1.82) is 0 Å². The molecular formula is C28H58. The van der Waals surface area contributed by atoms with E-state index < -0.39 is 0 Å². The van der Waals surface area contributed by atoms with Crippen LogP contribution in [0.15, 0.2) is 0 Å². The second kappa shape index (κ2) is 19.0. The molecule has 0 nitrogen and oxygen atoms in total. The minimum Gasteiger partial charge on any atom is -0.0654 e. The Bertz CT molecular complexity index is 305. The smallest absolute Gasteiger partial charge is 0.0443 e. The molecule has 0 spiro atoms. The summed E-state index contributed by atoms with van der Waals surface area (Å²) in [6.45, 7) is 16.9. The minimum atomic E-state index is 0.879. The summed E-state index contributed by atoms with van der Waals surface area (Å²) in [7, 11) is 0. The zero-order chi connectivity index (χ0) is 21.2. The van der Waals surface area contributed by atoms with Crippen LogP contribution in [0.25, 0.3) is 0 Å². The fraction of sp³-hybridized carbons (Fsp3) is 1.00. The van der Waals surface area contributed by atoms with Crippen LogP contribution in [-0.4, -0.2) is 0 Å². The molecule has 28 heavy (non-hydrogen) atoms. The van der Waals surface area contributed by atoms with Crippen molar-refractivity contribution >= 4 is 0 Å². The van der Waals surface area contributed by atoms with Gasteiger partial charge < -0.3 is 0 Å². The van der Waals surface area contributed by atoms with Gasteiger partial charge in [-0.1, -0.05) is 151 Å². The van der Waals surface area contributed by atoms with Crippen molar-refractivity contribution < 1.29 is 0 Å². The van der Waals surface area contributed by atoms with Gasteiger partial charge in [-0.2, -0.15) is 0 Å². The summed E-state index contributed by atoms with van der Waals surface area (Å²) >= 11 is 0. The average molecular weight is 395 g/mol. The molecule has 0 saturated carbocycles. The Morgan fingerprint density at radius 1 is 0.357 bits per heavy atom. The van der Waals surface area contributed by atoms with Gasteiger partial charge in [0.1, 0.15) is 0 Å². The molecule has 0 radical (unpaired) electrons. The van der Waals surface area contributed by atoms with Gasteiger partial charge >= 0.3 is 0 Å². The first-order valence-corrected chi connectivity index (χ1v) is 13.3. The van der Waals surface area contributed by atoms with Crippen LogP contribution in [-0.2, 0) is 0 Å². The molecule has 0 aromatic carbocycles. The van der Waals surface area contributed by atoms with Crippen LogP contribution >= 0.6 is 0 Å². The quantitative estimate of drug-likeness (QED) is 0.180. The Hall–Kier alpha value is 0. The molecule has 0 rings (SSSR count). The Morgan fingerprint density at radius 2 is 0.643 bits per heavy atom. The van der Waals surface area contributed by atoms with Crippen molar-refractivity contribution in [3.8, 4) is 0 Å². The molecule has 0 N–H and O–H groups in total. The van der Waals surface area contributed by atoms with Gasteiger partial charge in [-0.15, -0.1) is 0 Å². The lowest BCUT2D eigenvalue weighted by Crippen LogP contribution is -2.02. The molecule has 0 aliphatic heterocycles. The highest BCUT2D eigenvalue weighted by Gasteiger charge is 2.09. The summed E-state index contributed by atoms with van der Waals surface area (Å²) in [4.78, 5) is 0. The van der Waals surface area contributed by atoms with Crippen molar-refractivity contribution in [3.63, 3.8) is 0 Å². The fourth-order valence-electron chi connectivity index (χ4n) is 4.64. The molecule has 0 heteroatoms. The SMILES string of the molecule is CCCCCC(C)CCCC(C)CCCC(C)CCCC(C)CCCC(C)C. The van der Waals surface area contributed by atoms with Crippen molar-refractivity contribution in [1.82, 2.24) is 0 Å². The maximum absolute atomic E-state index is 2.49. The first-order chi connectivity index (χ1) is 13.3. The monoisotopic (exact) mass is 394 g/mol. The Morgan fingerprint density at radius 3 is 0.929 bits per heavy atom. The highest BCUT2D eigenvalue weighted by Crippen LogP contribution is 2.24. The van der Waals surface area contributed by atoms with Crippen LogP contribution in [0.1, 0.15) is 151 Å². The lowest BCUT2D eigenvalue weighted by Gasteiger charge is -2.17. The van der Waals surface area contributed by atoms with Crippen LogP contribution in [0, 0.1) is 29.6 Å². The van der Waals surface area contributed by atoms with E-state index in [4.69, 9.17) is 0 Å². The van der Waals surface area contributed by atoms with E-state index >= 15 is 0 Å². The number of hydrogen-bond acceptors (Lipinski definition) is 0. The third kappa shape index (κ3) is 19.3. The highest BCUT2D eigenvalue weighted by atomic mass is 14.1. The van der Waals surface area contributed by atoms with Gasteiger partial charge in [0, 0.05) is 0 Å². The molecule has 4 unspecified atom stereocenters. The molecule has 0 fully saturated rings. The lowest BCUT2D eigenvalue weighted by molar-refractivity contribution is 0.363. The molecule has 0 aliphatic carbocycles. The Labute approximate surface area is 181 Å². The predicted molar refractivity (Wildman–Crippen MR) is 131 cm³/mol. The Kier molecular flexibility index (Phi) is 19.0. The summed E-state index contributed by atoms with van der Waals surface area (Å²) in [5.74, 6) is 4.65. The summed E-state index contributed by atoms with van der Waals surface area (Å²) in [5, 5.41) is 0. The Balaban J connectivity index is 3.55. The minimum absolute atomic E-state index is 0.879. The topological polar surface area (TPSA) is 0 Å². The van der Waals surface area contributed by atoms with Crippen molar-refractivity contribution in [3.05, 3.63) is 0 Å². The second-order valence-corrected chi connectivity index (χ2v) is 11.0.